The van der Waals surface area contributed by atoms with E-state index in [1.54, 1.807) is 18.7 Å². The molecule has 2 nitrogen and oxygen atoms in total. The van der Waals surface area contributed by atoms with E-state index in [9.17, 15) is 0 Å². The Morgan fingerprint density at radius 3 is 2.35 bits per heavy atom. The maximum Gasteiger partial charge on any atom is 0.0919 e. The van der Waals surface area contributed by atoms with Gasteiger partial charge in [-0.05, 0) is 29.7 Å². The number of rotatable bonds is 2. The molecule has 100 valence electrons. The van der Waals surface area contributed by atoms with Crippen molar-refractivity contribution in [3.8, 4) is 11.1 Å². The molecule has 1 heterocycles. The first-order valence-corrected chi connectivity index (χ1v) is 6.61. The molecule has 0 atom stereocenters. The minimum Gasteiger partial charge on any atom is -0.351 e. The Kier molecular flexibility index (Phi) is 5.35. The van der Waals surface area contributed by atoms with Crippen LogP contribution in [0.25, 0.3) is 17.2 Å². The summed E-state index contributed by atoms with van der Waals surface area (Å²) in [7, 11) is 0. The number of hydrogen-bond acceptors (Lipinski definition) is 1. The van der Waals surface area contributed by atoms with Crippen molar-refractivity contribution in [2.45, 2.75) is 6.92 Å². The second-order valence-electron chi connectivity index (χ2n) is 4.25. The van der Waals surface area contributed by atoms with E-state index in [-0.39, 0.29) is 0 Å². The normalized spacial score (nSPS) is 10.1. The minimum atomic E-state index is 1.25. The molecule has 0 fully saturated rings. The molecule has 0 bridgehead atoms. The zero-order chi connectivity index (χ0) is 14.0. The summed E-state index contributed by atoms with van der Waals surface area (Å²) in [4.78, 5) is 6.42. The van der Waals surface area contributed by atoms with E-state index < -0.39 is 0 Å². The average Bonchev–Trinajstić information content (AvgIpc) is 3.08. The van der Waals surface area contributed by atoms with Crippen LogP contribution in [0.3, 0.4) is 0 Å². The maximum absolute atomic E-state index is 3.67. The lowest BCUT2D eigenvalue weighted by atomic mass is 10.0. The molecule has 3 rings (SSSR count). The van der Waals surface area contributed by atoms with Gasteiger partial charge in [0, 0.05) is 12.4 Å². The van der Waals surface area contributed by atoms with Crippen LogP contribution < -0.4 is 0 Å². The van der Waals surface area contributed by atoms with Gasteiger partial charge in [0.2, 0.25) is 0 Å². The molecule has 1 N–H and O–H groups in total. The van der Waals surface area contributed by atoms with Crippen molar-refractivity contribution < 1.29 is 0 Å². The number of hydrogen-bond donors (Lipinski definition) is 1. The molecule has 0 saturated heterocycles. The van der Waals surface area contributed by atoms with Crippen LogP contribution in [0.2, 0.25) is 0 Å². The highest BCUT2D eigenvalue weighted by atomic mass is 14.8. The summed E-state index contributed by atoms with van der Waals surface area (Å²) in [6.45, 7) is 2.04. The Bertz CT molecular complexity index is 608. The molecule has 0 aliphatic carbocycles. The van der Waals surface area contributed by atoms with Crippen LogP contribution in [-0.2, 0) is 0 Å². The number of benzene rings is 2. The highest BCUT2D eigenvalue weighted by molar-refractivity contribution is 5.67. The molecule has 3 aromatic rings. The standard InChI is InChI=1S/C15H14.C3H4N2/c1-2-7-13-8-6-11-15(12-13)14-9-4-3-5-10-14;1-2-5-3-4-1/h2-12H,1H3;1-3H,(H,4,5). The van der Waals surface area contributed by atoms with Gasteiger partial charge in [-0.15, -0.1) is 0 Å². The molecule has 0 radical (unpaired) electrons. The molecule has 2 aromatic carbocycles. The van der Waals surface area contributed by atoms with Gasteiger partial charge in [0.1, 0.15) is 0 Å². The summed E-state index contributed by atoms with van der Waals surface area (Å²) in [6, 6.07) is 19.0. The molecular weight excluding hydrogens is 244 g/mol. The van der Waals surface area contributed by atoms with Gasteiger partial charge in [0.15, 0.2) is 0 Å². The molecule has 0 amide bonds. The van der Waals surface area contributed by atoms with E-state index in [0.717, 1.165) is 0 Å². The van der Waals surface area contributed by atoms with Gasteiger partial charge in [0.25, 0.3) is 0 Å². The molecule has 0 aliphatic heterocycles. The van der Waals surface area contributed by atoms with E-state index in [1.165, 1.54) is 16.7 Å². The van der Waals surface area contributed by atoms with Crippen molar-refractivity contribution in [2.24, 2.45) is 0 Å². The first-order valence-electron chi connectivity index (χ1n) is 6.61. The van der Waals surface area contributed by atoms with Crippen LogP contribution in [0.1, 0.15) is 12.5 Å². The van der Waals surface area contributed by atoms with Crippen molar-refractivity contribution in [1.82, 2.24) is 9.97 Å². The summed E-state index contributed by atoms with van der Waals surface area (Å²) < 4.78 is 0. The van der Waals surface area contributed by atoms with Crippen LogP contribution in [-0.4, -0.2) is 9.97 Å². The summed E-state index contributed by atoms with van der Waals surface area (Å²) in [5.41, 5.74) is 3.79. The van der Waals surface area contributed by atoms with Crippen LogP contribution in [0, 0.1) is 0 Å². The number of nitrogens with one attached hydrogen (secondary N) is 1. The van der Waals surface area contributed by atoms with Gasteiger partial charge in [0.05, 0.1) is 6.33 Å². The Hall–Kier alpha value is -2.61. The fourth-order valence-corrected chi connectivity index (χ4v) is 1.86. The Labute approximate surface area is 119 Å². The fraction of sp³-hybridized carbons (Fsp3) is 0.0556. The first-order chi connectivity index (χ1) is 9.90. The molecule has 1 aromatic heterocycles. The lowest BCUT2D eigenvalue weighted by Gasteiger charge is -2.02. The maximum atomic E-state index is 3.67. The van der Waals surface area contributed by atoms with Gasteiger partial charge in [-0.25, -0.2) is 4.98 Å². The first kappa shape index (κ1) is 13.8. The van der Waals surface area contributed by atoms with Crippen molar-refractivity contribution in [3.63, 3.8) is 0 Å². The van der Waals surface area contributed by atoms with Gasteiger partial charge >= 0.3 is 0 Å². The molecule has 0 aliphatic rings. The third-order valence-electron chi connectivity index (χ3n) is 2.76. The molecule has 20 heavy (non-hydrogen) atoms. The average molecular weight is 262 g/mol. The SMILES string of the molecule is CC=Cc1cccc(-c2ccccc2)c1.c1c[nH]cn1. The predicted molar refractivity (Wildman–Crippen MR) is 85.2 cm³/mol. The molecule has 0 spiro atoms. The molecular formula is C18H18N2. The lowest BCUT2D eigenvalue weighted by Crippen LogP contribution is -1.78. The number of aromatic nitrogens is 2. The highest BCUT2D eigenvalue weighted by Crippen LogP contribution is 2.20. The smallest absolute Gasteiger partial charge is 0.0919 e. The predicted octanol–water partition coefficient (Wildman–Crippen LogP) is 4.80. The molecule has 2 heteroatoms. The van der Waals surface area contributed by atoms with Gasteiger partial charge in [-0.2, -0.15) is 0 Å². The van der Waals surface area contributed by atoms with Gasteiger partial charge in [-0.3, -0.25) is 0 Å². The van der Waals surface area contributed by atoms with E-state index in [2.05, 4.69) is 70.7 Å². The third-order valence-corrected chi connectivity index (χ3v) is 2.76. The van der Waals surface area contributed by atoms with E-state index in [4.69, 9.17) is 0 Å². The second kappa shape index (κ2) is 7.74. The van der Waals surface area contributed by atoms with Gasteiger partial charge < -0.3 is 4.98 Å². The van der Waals surface area contributed by atoms with Crippen LogP contribution in [0.5, 0.6) is 0 Å². The van der Waals surface area contributed by atoms with Crippen LogP contribution in [0.4, 0.5) is 0 Å². The number of H-pyrrole nitrogens is 1. The summed E-state index contributed by atoms with van der Waals surface area (Å²) in [5, 5.41) is 0. The fourth-order valence-electron chi connectivity index (χ4n) is 1.86. The number of nitrogens with zero attached hydrogens (tertiary/aromatic N) is 1. The molecule has 0 unspecified atom stereocenters. The number of imidazole rings is 1. The summed E-state index contributed by atoms with van der Waals surface area (Å²) in [5.74, 6) is 0. The zero-order valence-electron chi connectivity index (χ0n) is 11.5. The van der Waals surface area contributed by atoms with E-state index in [0.29, 0.717) is 0 Å². The highest BCUT2D eigenvalue weighted by Gasteiger charge is 1.95. The van der Waals surface area contributed by atoms with Crippen molar-refractivity contribution in [3.05, 3.63) is 85.0 Å². The van der Waals surface area contributed by atoms with Gasteiger partial charge in [-0.1, -0.05) is 60.7 Å². The monoisotopic (exact) mass is 262 g/mol. The van der Waals surface area contributed by atoms with Crippen molar-refractivity contribution in [2.75, 3.05) is 0 Å². The second-order valence-corrected chi connectivity index (χ2v) is 4.25. The number of aromatic amines is 1. The Balaban J connectivity index is 0.000000247. The minimum absolute atomic E-state index is 1.25. The quantitative estimate of drug-likeness (QED) is 0.706. The van der Waals surface area contributed by atoms with Crippen molar-refractivity contribution in [1.29, 1.82) is 0 Å². The Morgan fingerprint density at radius 2 is 1.75 bits per heavy atom. The number of allylic oxidation sites excluding steroid dienone is 1. The van der Waals surface area contributed by atoms with Crippen LogP contribution >= 0.6 is 0 Å². The summed E-state index contributed by atoms with van der Waals surface area (Å²) in [6.07, 6.45) is 9.26. The molecule has 0 saturated carbocycles. The van der Waals surface area contributed by atoms with E-state index in [1.807, 2.05) is 13.0 Å². The Morgan fingerprint density at radius 1 is 0.950 bits per heavy atom. The van der Waals surface area contributed by atoms with E-state index >= 15 is 0 Å². The third kappa shape index (κ3) is 4.25. The topological polar surface area (TPSA) is 28.7 Å². The lowest BCUT2D eigenvalue weighted by molar-refractivity contribution is 1.31. The largest absolute Gasteiger partial charge is 0.351 e. The zero-order valence-corrected chi connectivity index (χ0v) is 11.5. The summed E-state index contributed by atoms with van der Waals surface area (Å²) >= 11 is 0. The van der Waals surface area contributed by atoms with Crippen molar-refractivity contribution >= 4 is 6.08 Å². The van der Waals surface area contributed by atoms with Crippen LogP contribution in [0.15, 0.2) is 79.4 Å².